The average Bonchev–Trinajstić information content (AvgIpc) is 3.82. The number of ketones is 1. The molecule has 47 heavy (non-hydrogen) atoms. The van der Waals surface area contributed by atoms with Crippen molar-refractivity contribution in [3.63, 3.8) is 0 Å². The molecule has 1 aromatic heterocycles. The van der Waals surface area contributed by atoms with E-state index < -0.39 is 17.6 Å². The lowest BCUT2D eigenvalue weighted by molar-refractivity contribution is -0.137. The molecule has 3 N–H and O–H groups in total. The number of carbonyl (C=O) groups excluding carboxylic acids is 3. The molecule has 9 nitrogen and oxygen atoms in total. The summed E-state index contributed by atoms with van der Waals surface area (Å²) in [7, 11) is 0. The van der Waals surface area contributed by atoms with Crippen LogP contribution >= 0.6 is 0 Å². The van der Waals surface area contributed by atoms with E-state index in [1.54, 1.807) is 18.5 Å². The van der Waals surface area contributed by atoms with E-state index in [-0.39, 0.29) is 36.9 Å². The predicted octanol–water partition coefficient (Wildman–Crippen LogP) is 5.96. The Morgan fingerprint density at radius 2 is 1.77 bits per heavy atom. The van der Waals surface area contributed by atoms with Crippen molar-refractivity contribution in [2.24, 2.45) is 4.99 Å². The minimum absolute atomic E-state index is 0.0323. The zero-order chi connectivity index (χ0) is 33.1. The van der Waals surface area contributed by atoms with Crippen LogP contribution in [0.2, 0.25) is 0 Å². The second-order valence-electron chi connectivity index (χ2n) is 12.2. The van der Waals surface area contributed by atoms with Crippen molar-refractivity contribution in [1.82, 2.24) is 10.3 Å². The second kappa shape index (κ2) is 13.0. The van der Waals surface area contributed by atoms with Gasteiger partial charge in [-0.2, -0.15) is 0 Å². The van der Waals surface area contributed by atoms with E-state index in [1.165, 1.54) is 12.5 Å². The predicted molar refractivity (Wildman–Crippen MR) is 181 cm³/mol. The molecule has 4 aromatic rings. The van der Waals surface area contributed by atoms with Crippen molar-refractivity contribution in [3.8, 4) is 11.3 Å². The molecule has 238 valence electrons. The fourth-order valence-electron chi connectivity index (χ4n) is 6.43. The van der Waals surface area contributed by atoms with Crippen LogP contribution in [0.1, 0.15) is 65.3 Å². The first-order valence-electron chi connectivity index (χ1n) is 15.7. The highest BCUT2D eigenvalue weighted by atomic mass is 16.4. The quantitative estimate of drug-likeness (QED) is 0.189. The normalized spacial score (nSPS) is 17.2. The van der Waals surface area contributed by atoms with Crippen LogP contribution < -0.4 is 10.2 Å². The highest BCUT2D eigenvalue weighted by molar-refractivity contribution is 6.08. The topological polar surface area (TPSA) is 132 Å². The number of aromatic amines is 1. The van der Waals surface area contributed by atoms with E-state index in [4.69, 9.17) is 5.11 Å². The van der Waals surface area contributed by atoms with Crippen LogP contribution in [0.3, 0.4) is 0 Å². The first-order chi connectivity index (χ1) is 22.6. The molecule has 9 heteroatoms. The monoisotopic (exact) mass is 628 g/mol. The number of nitrogens with one attached hydrogen (secondary N) is 2. The Bertz CT molecular complexity index is 1900. The van der Waals surface area contributed by atoms with Gasteiger partial charge >= 0.3 is 5.97 Å². The van der Waals surface area contributed by atoms with Crippen LogP contribution in [-0.4, -0.2) is 46.4 Å². The van der Waals surface area contributed by atoms with Gasteiger partial charge in [0.15, 0.2) is 5.78 Å². The van der Waals surface area contributed by atoms with E-state index >= 15 is 0 Å². The molecule has 2 amide bonds. The Morgan fingerprint density at radius 1 is 1.02 bits per heavy atom. The van der Waals surface area contributed by atoms with Crippen LogP contribution in [0.15, 0.2) is 102 Å². The van der Waals surface area contributed by atoms with Gasteiger partial charge in [-0.15, -0.1) is 0 Å². The number of aliphatic imine (C=N–C) groups is 1. The third-order valence-corrected chi connectivity index (χ3v) is 8.99. The maximum Gasteiger partial charge on any atom is 0.303 e. The lowest BCUT2D eigenvalue weighted by Crippen LogP contribution is -2.28. The molecule has 0 saturated carbocycles. The molecule has 3 heterocycles. The van der Waals surface area contributed by atoms with E-state index in [0.29, 0.717) is 17.7 Å². The number of fused-ring (bicyclic) bond motifs is 1. The summed E-state index contributed by atoms with van der Waals surface area (Å²) in [4.78, 5) is 59.4. The summed E-state index contributed by atoms with van der Waals surface area (Å²) < 4.78 is 0. The van der Waals surface area contributed by atoms with Crippen molar-refractivity contribution in [3.05, 3.63) is 125 Å². The fourth-order valence-corrected chi connectivity index (χ4v) is 6.43. The minimum atomic E-state index is -0.928. The zero-order valence-corrected chi connectivity index (χ0v) is 26.3. The summed E-state index contributed by atoms with van der Waals surface area (Å²) in [6.45, 7) is 3.97. The van der Waals surface area contributed by atoms with Crippen molar-refractivity contribution >= 4 is 35.5 Å². The molecule has 0 bridgehead atoms. The van der Waals surface area contributed by atoms with Crippen LogP contribution in [0.25, 0.3) is 11.3 Å². The standard InChI is InChI=1S/C38H36N4O5/c1-24(43)41-32(15-16-36(45)46)26-11-13-30(14-12-26)38(2)31(17-19-40-38)35(44)21-25-7-9-27(10-8-25)33-22-29(23-39-33)37(47)42-20-18-28-5-3-4-6-34(28)42/h3-14,17,19,22-23,32,39H,15-16,18,20-21H2,1-2H3,(H,41,43)(H,45,46). The van der Waals surface area contributed by atoms with Gasteiger partial charge in [-0.3, -0.25) is 24.2 Å². The third-order valence-electron chi connectivity index (χ3n) is 8.99. The Morgan fingerprint density at radius 3 is 2.49 bits per heavy atom. The maximum absolute atomic E-state index is 13.6. The van der Waals surface area contributed by atoms with Gasteiger partial charge in [-0.05, 0) is 65.8 Å². The van der Waals surface area contributed by atoms with Crippen molar-refractivity contribution in [2.45, 2.75) is 51.1 Å². The van der Waals surface area contributed by atoms with Gasteiger partial charge in [0.1, 0.15) is 5.54 Å². The number of aliphatic carboxylic acids is 1. The number of nitrogens with zero attached hydrogens (tertiary/aromatic N) is 2. The molecule has 2 unspecified atom stereocenters. The van der Waals surface area contributed by atoms with Crippen molar-refractivity contribution in [1.29, 1.82) is 0 Å². The number of hydrogen-bond donors (Lipinski definition) is 3. The lowest BCUT2D eigenvalue weighted by atomic mass is 9.82. The second-order valence-corrected chi connectivity index (χ2v) is 12.2. The molecule has 3 aromatic carbocycles. The fraction of sp³-hybridized carbons (Fsp3) is 0.237. The number of carbonyl (C=O) groups is 4. The van der Waals surface area contributed by atoms with Crippen LogP contribution in [0.5, 0.6) is 0 Å². The summed E-state index contributed by atoms with van der Waals surface area (Å²) in [5.41, 5.74) is 6.65. The highest BCUT2D eigenvalue weighted by Crippen LogP contribution is 2.38. The molecule has 2 aliphatic heterocycles. The van der Waals surface area contributed by atoms with E-state index in [1.807, 2.05) is 84.6 Å². The smallest absolute Gasteiger partial charge is 0.303 e. The van der Waals surface area contributed by atoms with Gasteiger partial charge in [0.25, 0.3) is 5.91 Å². The number of benzene rings is 3. The molecule has 0 aliphatic carbocycles. The van der Waals surface area contributed by atoms with E-state index in [2.05, 4.69) is 21.4 Å². The number of amides is 2. The van der Waals surface area contributed by atoms with Crippen molar-refractivity contribution < 1.29 is 24.3 Å². The largest absolute Gasteiger partial charge is 0.481 e. The van der Waals surface area contributed by atoms with Gasteiger partial charge in [-0.25, -0.2) is 0 Å². The van der Waals surface area contributed by atoms with Gasteiger partial charge < -0.3 is 20.3 Å². The molecule has 0 fully saturated rings. The van der Waals surface area contributed by atoms with Gasteiger partial charge in [-0.1, -0.05) is 66.7 Å². The number of hydrogen-bond acceptors (Lipinski definition) is 5. The first kappa shape index (κ1) is 31.4. The number of aromatic nitrogens is 1. The summed E-state index contributed by atoms with van der Waals surface area (Å²) >= 11 is 0. The van der Waals surface area contributed by atoms with Gasteiger partial charge in [0, 0.05) is 55.7 Å². The number of carboxylic acid groups (broad SMARTS) is 1. The molecule has 0 spiro atoms. The van der Waals surface area contributed by atoms with E-state index in [0.717, 1.165) is 40.1 Å². The molecule has 0 saturated heterocycles. The summed E-state index contributed by atoms with van der Waals surface area (Å²) in [6.07, 6.45) is 6.40. The van der Waals surface area contributed by atoms with Gasteiger partial charge in [0.2, 0.25) is 5.91 Å². The molecular formula is C38H36N4O5. The Balaban J connectivity index is 1.11. The SMILES string of the molecule is CC(=O)NC(CCC(=O)O)c1ccc(C2(C)N=CC=C2C(=O)Cc2ccc(-c3cc(C(=O)N4CCc5ccccc54)c[nH]3)cc2)cc1. The third kappa shape index (κ3) is 6.56. The number of anilines is 1. The summed E-state index contributed by atoms with van der Waals surface area (Å²) in [5.74, 6) is -1.24. The molecule has 0 radical (unpaired) electrons. The number of para-hydroxylation sites is 1. The number of rotatable bonds is 11. The average molecular weight is 629 g/mol. The number of H-pyrrole nitrogens is 1. The van der Waals surface area contributed by atoms with Crippen LogP contribution in [-0.2, 0) is 32.8 Å². The number of carboxylic acids is 1. The molecule has 2 aliphatic rings. The zero-order valence-electron chi connectivity index (χ0n) is 26.3. The first-order valence-corrected chi connectivity index (χ1v) is 15.7. The number of allylic oxidation sites excluding steroid dienone is 1. The lowest BCUT2D eigenvalue weighted by Gasteiger charge is -2.26. The van der Waals surface area contributed by atoms with Gasteiger partial charge in [0.05, 0.1) is 11.6 Å². The summed E-state index contributed by atoms with van der Waals surface area (Å²) in [6, 6.07) is 24.6. The Hall–Kier alpha value is -5.57. The Kier molecular flexibility index (Phi) is 8.72. The van der Waals surface area contributed by atoms with Crippen LogP contribution in [0, 0.1) is 0 Å². The van der Waals surface area contributed by atoms with Crippen molar-refractivity contribution in [2.75, 3.05) is 11.4 Å². The molecule has 2 atom stereocenters. The highest BCUT2D eigenvalue weighted by Gasteiger charge is 2.36. The summed E-state index contributed by atoms with van der Waals surface area (Å²) in [5, 5.41) is 11.9. The van der Waals surface area contributed by atoms with Crippen LogP contribution in [0.4, 0.5) is 5.69 Å². The number of Topliss-reactive ketones (excluding diaryl/α,β-unsaturated/α-hetero) is 1. The van der Waals surface area contributed by atoms with E-state index in [9.17, 15) is 19.2 Å². The maximum atomic E-state index is 13.6. The molecular weight excluding hydrogens is 592 g/mol. The Labute approximate surface area is 273 Å². The molecule has 6 rings (SSSR count). The minimum Gasteiger partial charge on any atom is -0.481 e.